The minimum absolute atomic E-state index is 0.220. The van der Waals surface area contributed by atoms with Crippen molar-refractivity contribution >= 4 is 40.7 Å². The van der Waals surface area contributed by atoms with Crippen molar-refractivity contribution in [1.82, 2.24) is 5.32 Å². The van der Waals surface area contributed by atoms with Crippen LogP contribution in [0.1, 0.15) is 32.1 Å². The molecule has 2 amide bonds. The minimum atomic E-state index is -0.748. The lowest BCUT2D eigenvalue weighted by molar-refractivity contribution is -0.136. The molecule has 1 aromatic rings. The van der Waals surface area contributed by atoms with Crippen LogP contribution in [0.15, 0.2) is 29.8 Å². The summed E-state index contributed by atoms with van der Waals surface area (Å²) in [5.41, 5.74) is 1.68. The van der Waals surface area contributed by atoms with Gasteiger partial charge in [-0.1, -0.05) is 40.9 Å². The largest absolute Gasteiger partial charge is 0.348 e. The van der Waals surface area contributed by atoms with Gasteiger partial charge in [0.25, 0.3) is 0 Å². The minimum Gasteiger partial charge on any atom is -0.348 e. The van der Waals surface area contributed by atoms with Crippen LogP contribution in [0.4, 0.5) is 5.69 Å². The monoisotopic (exact) mass is 340 g/mol. The molecule has 0 aromatic heterocycles. The second-order valence-electron chi connectivity index (χ2n) is 5.17. The number of halogens is 2. The Morgan fingerprint density at radius 2 is 1.95 bits per heavy atom. The molecule has 1 aliphatic rings. The first-order valence-electron chi connectivity index (χ1n) is 7.29. The number of allylic oxidation sites excluding steroid dienone is 1. The Bertz CT molecular complexity index is 600. The first kappa shape index (κ1) is 16.8. The van der Waals surface area contributed by atoms with Crippen LogP contribution >= 0.6 is 23.2 Å². The van der Waals surface area contributed by atoms with Crippen molar-refractivity contribution in [2.45, 2.75) is 32.1 Å². The van der Waals surface area contributed by atoms with Gasteiger partial charge < -0.3 is 10.6 Å². The molecule has 0 heterocycles. The molecule has 22 heavy (non-hydrogen) atoms. The third-order valence-electron chi connectivity index (χ3n) is 3.52. The fourth-order valence-corrected chi connectivity index (χ4v) is 2.68. The van der Waals surface area contributed by atoms with Crippen molar-refractivity contribution in [3.8, 4) is 0 Å². The van der Waals surface area contributed by atoms with E-state index in [2.05, 4.69) is 16.7 Å². The maximum atomic E-state index is 11.8. The fourth-order valence-electron chi connectivity index (χ4n) is 2.33. The van der Waals surface area contributed by atoms with Crippen molar-refractivity contribution in [3.63, 3.8) is 0 Å². The van der Waals surface area contributed by atoms with Crippen LogP contribution in [0, 0.1) is 0 Å². The first-order valence-corrected chi connectivity index (χ1v) is 8.04. The quantitative estimate of drug-likeness (QED) is 0.644. The smallest absolute Gasteiger partial charge is 0.313 e. The molecule has 0 saturated heterocycles. The van der Waals surface area contributed by atoms with E-state index in [0.717, 1.165) is 19.3 Å². The summed E-state index contributed by atoms with van der Waals surface area (Å²) in [6.07, 6.45) is 7.64. The molecule has 0 saturated carbocycles. The van der Waals surface area contributed by atoms with Gasteiger partial charge in [0.1, 0.15) is 0 Å². The molecule has 1 aromatic carbocycles. The Kier molecular flexibility index (Phi) is 6.28. The van der Waals surface area contributed by atoms with Crippen LogP contribution in [-0.4, -0.2) is 18.4 Å². The van der Waals surface area contributed by atoms with Gasteiger partial charge in [0, 0.05) is 6.54 Å². The molecular formula is C16H18Cl2N2O2. The Balaban J connectivity index is 1.80. The Morgan fingerprint density at radius 1 is 1.14 bits per heavy atom. The van der Waals surface area contributed by atoms with Gasteiger partial charge in [-0.15, -0.1) is 0 Å². The summed E-state index contributed by atoms with van der Waals surface area (Å²) in [5, 5.41) is 5.62. The lowest BCUT2D eigenvalue weighted by atomic mass is 9.97. The van der Waals surface area contributed by atoms with Gasteiger partial charge in [0.15, 0.2) is 0 Å². The van der Waals surface area contributed by atoms with Gasteiger partial charge in [-0.2, -0.15) is 0 Å². The molecule has 118 valence electrons. The van der Waals surface area contributed by atoms with Crippen molar-refractivity contribution in [2.24, 2.45) is 0 Å². The third kappa shape index (κ3) is 4.75. The molecule has 2 rings (SSSR count). The summed E-state index contributed by atoms with van der Waals surface area (Å²) >= 11 is 11.8. The second-order valence-corrected chi connectivity index (χ2v) is 5.95. The van der Waals surface area contributed by atoms with Gasteiger partial charge in [-0.25, -0.2) is 0 Å². The van der Waals surface area contributed by atoms with E-state index in [-0.39, 0.29) is 5.02 Å². The number of rotatable bonds is 4. The van der Waals surface area contributed by atoms with Crippen molar-refractivity contribution in [1.29, 1.82) is 0 Å². The molecule has 6 heteroatoms. The van der Waals surface area contributed by atoms with Gasteiger partial charge in [-0.05, 0) is 44.2 Å². The molecular weight excluding hydrogens is 323 g/mol. The SMILES string of the molecule is O=C(NCCC1=CCCCC1)C(=O)Nc1cccc(Cl)c1Cl. The van der Waals surface area contributed by atoms with Gasteiger partial charge in [-0.3, -0.25) is 9.59 Å². The second kappa shape index (κ2) is 8.20. The number of benzene rings is 1. The molecule has 0 atom stereocenters. The van der Waals surface area contributed by atoms with Gasteiger partial charge >= 0.3 is 11.8 Å². The van der Waals surface area contributed by atoms with E-state index in [1.54, 1.807) is 18.2 Å². The van der Waals surface area contributed by atoms with Gasteiger partial charge in [0.2, 0.25) is 0 Å². The normalized spacial score (nSPS) is 14.2. The van der Waals surface area contributed by atoms with E-state index in [9.17, 15) is 9.59 Å². The lowest BCUT2D eigenvalue weighted by Crippen LogP contribution is -2.36. The molecule has 0 unspecified atom stereocenters. The van der Waals surface area contributed by atoms with E-state index >= 15 is 0 Å². The standard InChI is InChI=1S/C16H18Cl2N2O2/c17-12-7-4-8-13(14(12)18)20-16(22)15(21)19-10-9-11-5-2-1-3-6-11/h4-5,7-8H,1-3,6,9-10H2,(H,19,21)(H,20,22). The number of carbonyl (C=O) groups excluding carboxylic acids is 2. The van der Waals surface area contributed by atoms with E-state index < -0.39 is 11.8 Å². The van der Waals surface area contributed by atoms with Crippen LogP contribution < -0.4 is 10.6 Å². The van der Waals surface area contributed by atoms with E-state index in [1.165, 1.54) is 18.4 Å². The van der Waals surface area contributed by atoms with E-state index in [1.807, 2.05) is 0 Å². The van der Waals surface area contributed by atoms with Crippen molar-refractivity contribution in [2.75, 3.05) is 11.9 Å². The summed E-state index contributed by atoms with van der Waals surface area (Å²) in [4.78, 5) is 23.6. The van der Waals surface area contributed by atoms with Crippen LogP contribution in [0.25, 0.3) is 0 Å². The molecule has 2 N–H and O–H groups in total. The maximum Gasteiger partial charge on any atom is 0.313 e. The molecule has 1 aliphatic carbocycles. The molecule has 0 radical (unpaired) electrons. The highest BCUT2D eigenvalue weighted by Crippen LogP contribution is 2.29. The van der Waals surface area contributed by atoms with Crippen LogP contribution in [0.5, 0.6) is 0 Å². The zero-order chi connectivity index (χ0) is 15.9. The zero-order valence-corrected chi connectivity index (χ0v) is 13.6. The molecule has 0 fully saturated rings. The number of nitrogens with one attached hydrogen (secondary N) is 2. The van der Waals surface area contributed by atoms with E-state index in [0.29, 0.717) is 17.3 Å². The van der Waals surface area contributed by atoms with Crippen LogP contribution in [-0.2, 0) is 9.59 Å². The molecule has 0 aliphatic heterocycles. The van der Waals surface area contributed by atoms with Crippen LogP contribution in [0.3, 0.4) is 0 Å². The molecule has 0 bridgehead atoms. The summed E-state index contributed by atoms with van der Waals surface area (Å²) in [6.45, 7) is 0.460. The highest BCUT2D eigenvalue weighted by atomic mass is 35.5. The van der Waals surface area contributed by atoms with Crippen LogP contribution in [0.2, 0.25) is 10.0 Å². The summed E-state index contributed by atoms with van der Waals surface area (Å²) in [7, 11) is 0. The number of amides is 2. The summed E-state index contributed by atoms with van der Waals surface area (Å²) < 4.78 is 0. The van der Waals surface area contributed by atoms with Gasteiger partial charge in [0.05, 0.1) is 15.7 Å². The first-order chi connectivity index (χ1) is 10.6. The summed E-state index contributed by atoms with van der Waals surface area (Å²) in [5.74, 6) is -1.42. The Labute approximate surface area is 139 Å². The number of hydrogen-bond donors (Lipinski definition) is 2. The topological polar surface area (TPSA) is 58.2 Å². The summed E-state index contributed by atoms with van der Waals surface area (Å²) in [6, 6.07) is 4.85. The number of anilines is 1. The number of carbonyl (C=O) groups is 2. The highest BCUT2D eigenvalue weighted by Gasteiger charge is 2.15. The maximum absolute atomic E-state index is 11.8. The number of hydrogen-bond acceptors (Lipinski definition) is 2. The third-order valence-corrected chi connectivity index (χ3v) is 4.34. The fraction of sp³-hybridized carbons (Fsp3) is 0.375. The van der Waals surface area contributed by atoms with Crippen molar-refractivity contribution < 1.29 is 9.59 Å². The zero-order valence-electron chi connectivity index (χ0n) is 12.1. The Hall–Kier alpha value is -1.52. The average molecular weight is 341 g/mol. The predicted octanol–water partition coefficient (Wildman–Crippen LogP) is 3.94. The van der Waals surface area contributed by atoms with E-state index in [4.69, 9.17) is 23.2 Å². The lowest BCUT2D eigenvalue weighted by Gasteiger charge is -2.13. The van der Waals surface area contributed by atoms with Crippen molar-refractivity contribution in [3.05, 3.63) is 39.9 Å². The molecule has 4 nitrogen and oxygen atoms in total. The Morgan fingerprint density at radius 3 is 2.68 bits per heavy atom. The average Bonchev–Trinajstić information content (AvgIpc) is 2.52. The predicted molar refractivity (Wildman–Crippen MR) is 89.3 cm³/mol. The highest BCUT2D eigenvalue weighted by molar-refractivity contribution is 6.45. The molecule has 0 spiro atoms.